The molecule has 5 heteroatoms. The number of anilines is 1. The number of aryl methyl sites for hydroxylation is 1. The highest BCUT2D eigenvalue weighted by Gasteiger charge is 2.15. The van der Waals surface area contributed by atoms with E-state index < -0.39 is 0 Å². The van der Waals surface area contributed by atoms with Gasteiger partial charge >= 0.3 is 0 Å². The highest BCUT2D eigenvalue weighted by atomic mass is 16.5. The number of nitriles is 1. The van der Waals surface area contributed by atoms with Crippen LogP contribution in [0.15, 0.2) is 24.3 Å². The molecule has 0 amide bonds. The molecule has 0 saturated heterocycles. The monoisotopic (exact) mass is 242 g/mol. The molecule has 0 saturated carbocycles. The van der Waals surface area contributed by atoms with Crippen LogP contribution < -0.4 is 10.5 Å². The summed E-state index contributed by atoms with van der Waals surface area (Å²) in [6.45, 7) is 1.94. The molecule has 0 aliphatic carbocycles. The Morgan fingerprint density at radius 2 is 2.28 bits per heavy atom. The van der Waals surface area contributed by atoms with Crippen molar-refractivity contribution < 1.29 is 4.74 Å². The molecule has 2 N–H and O–H groups in total. The van der Waals surface area contributed by atoms with E-state index in [0.29, 0.717) is 23.5 Å². The second-order valence-electron chi connectivity index (χ2n) is 3.79. The summed E-state index contributed by atoms with van der Waals surface area (Å²) in [4.78, 5) is 0. The number of benzene rings is 1. The van der Waals surface area contributed by atoms with E-state index in [2.05, 4.69) is 11.2 Å². The van der Waals surface area contributed by atoms with Crippen molar-refractivity contribution in [1.29, 1.82) is 5.26 Å². The van der Waals surface area contributed by atoms with Crippen LogP contribution in [0.3, 0.4) is 0 Å². The molecule has 0 aliphatic heterocycles. The van der Waals surface area contributed by atoms with E-state index in [1.165, 1.54) is 0 Å². The molecule has 0 spiro atoms. The van der Waals surface area contributed by atoms with Gasteiger partial charge < -0.3 is 10.5 Å². The number of nitrogens with zero attached hydrogens (tertiary/aromatic N) is 3. The van der Waals surface area contributed by atoms with Crippen LogP contribution in [0.2, 0.25) is 0 Å². The van der Waals surface area contributed by atoms with Gasteiger partial charge in [-0.2, -0.15) is 10.4 Å². The first kappa shape index (κ1) is 12.0. The van der Waals surface area contributed by atoms with Gasteiger partial charge in [0.1, 0.15) is 23.2 Å². The Kier molecular flexibility index (Phi) is 3.20. The Hall–Kier alpha value is -2.48. The third-order valence-electron chi connectivity index (χ3n) is 2.74. The molecule has 0 atom stereocenters. The third-order valence-corrected chi connectivity index (χ3v) is 2.74. The fourth-order valence-electron chi connectivity index (χ4n) is 1.79. The van der Waals surface area contributed by atoms with Crippen LogP contribution in [0.4, 0.5) is 5.82 Å². The molecule has 0 bridgehead atoms. The molecule has 0 unspecified atom stereocenters. The normalized spacial score (nSPS) is 10.1. The summed E-state index contributed by atoms with van der Waals surface area (Å²) in [5.41, 5.74) is 7.88. The molecule has 1 aromatic carbocycles. The van der Waals surface area contributed by atoms with Gasteiger partial charge in [0, 0.05) is 6.07 Å². The topological polar surface area (TPSA) is 76.9 Å². The highest BCUT2D eigenvalue weighted by Crippen LogP contribution is 2.23. The number of nitrogen functional groups attached to an aromatic ring is 1. The van der Waals surface area contributed by atoms with Gasteiger partial charge in [-0.05, 0) is 18.6 Å². The Bertz CT molecular complexity index is 610. The maximum atomic E-state index is 9.08. The van der Waals surface area contributed by atoms with Gasteiger partial charge in [-0.15, -0.1) is 0 Å². The van der Waals surface area contributed by atoms with E-state index in [1.807, 2.05) is 31.2 Å². The number of nitrogens with two attached hydrogens (primary N) is 1. The summed E-state index contributed by atoms with van der Waals surface area (Å²) >= 11 is 0. The first-order chi connectivity index (χ1) is 8.71. The van der Waals surface area contributed by atoms with Crippen LogP contribution in [0.5, 0.6) is 5.75 Å². The minimum Gasteiger partial charge on any atom is -0.497 e. The summed E-state index contributed by atoms with van der Waals surface area (Å²) in [7, 11) is 1.60. The first-order valence-corrected chi connectivity index (χ1v) is 5.63. The minimum absolute atomic E-state index is 0.364. The molecule has 1 heterocycles. The van der Waals surface area contributed by atoms with E-state index >= 15 is 0 Å². The lowest BCUT2D eigenvalue weighted by molar-refractivity contribution is 0.414. The average Bonchev–Trinajstić information content (AvgIpc) is 2.75. The van der Waals surface area contributed by atoms with Crippen LogP contribution in [-0.4, -0.2) is 16.9 Å². The van der Waals surface area contributed by atoms with Gasteiger partial charge in [0.15, 0.2) is 0 Å². The third kappa shape index (κ3) is 1.89. The predicted octanol–water partition coefficient (Wildman–Crippen LogP) is 1.90. The van der Waals surface area contributed by atoms with Crippen molar-refractivity contribution in [2.45, 2.75) is 13.3 Å². The fraction of sp³-hybridized carbons (Fsp3) is 0.231. The first-order valence-electron chi connectivity index (χ1n) is 5.63. The second-order valence-corrected chi connectivity index (χ2v) is 3.79. The minimum atomic E-state index is 0.364. The maximum Gasteiger partial charge on any atom is 0.145 e. The summed E-state index contributed by atoms with van der Waals surface area (Å²) in [5, 5.41) is 13.4. The van der Waals surface area contributed by atoms with Crippen molar-refractivity contribution >= 4 is 5.82 Å². The molecule has 2 rings (SSSR count). The SMILES string of the molecule is CCc1nn(-c2cccc(OC)c2)c(N)c1C#N. The van der Waals surface area contributed by atoms with Crippen LogP contribution >= 0.6 is 0 Å². The second kappa shape index (κ2) is 4.80. The zero-order valence-electron chi connectivity index (χ0n) is 10.3. The van der Waals surface area contributed by atoms with Gasteiger partial charge in [-0.25, -0.2) is 4.68 Å². The quantitative estimate of drug-likeness (QED) is 0.891. The van der Waals surface area contributed by atoms with E-state index in [1.54, 1.807) is 11.8 Å². The summed E-state index contributed by atoms with van der Waals surface area (Å²) in [6, 6.07) is 9.48. The lowest BCUT2D eigenvalue weighted by atomic mass is 10.2. The van der Waals surface area contributed by atoms with E-state index in [4.69, 9.17) is 15.7 Å². The average molecular weight is 242 g/mol. The van der Waals surface area contributed by atoms with Gasteiger partial charge in [-0.3, -0.25) is 0 Å². The number of hydrogen-bond donors (Lipinski definition) is 1. The van der Waals surface area contributed by atoms with Crippen LogP contribution in [0.1, 0.15) is 18.2 Å². The smallest absolute Gasteiger partial charge is 0.145 e. The molecule has 0 aliphatic rings. The Morgan fingerprint density at radius 3 is 2.83 bits per heavy atom. The van der Waals surface area contributed by atoms with Crippen molar-refractivity contribution in [2.24, 2.45) is 0 Å². The molecule has 18 heavy (non-hydrogen) atoms. The molecular weight excluding hydrogens is 228 g/mol. The van der Waals surface area contributed by atoms with Crippen LogP contribution in [0, 0.1) is 11.3 Å². The zero-order valence-corrected chi connectivity index (χ0v) is 10.3. The number of hydrogen-bond acceptors (Lipinski definition) is 4. The largest absolute Gasteiger partial charge is 0.497 e. The number of methoxy groups -OCH3 is 1. The van der Waals surface area contributed by atoms with E-state index in [-0.39, 0.29) is 0 Å². The van der Waals surface area contributed by atoms with Gasteiger partial charge in [0.05, 0.1) is 18.5 Å². The van der Waals surface area contributed by atoms with Crippen molar-refractivity contribution in [3.8, 4) is 17.5 Å². The Labute approximate surface area is 105 Å². The lowest BCUT2D eigenvalue weighted by Crippen LogP contribution is -2.02. The highest BCUT2D eigenvalue weighted by molar-refractivity contribution is 5.56. The molecule has 1 aromatic heterocycles. The number of aromatic nitrogens is 2. The molecule has 5 nitrogen and oxygen atoms in total. The van der Waals surface area contributed by atoms with Gasteiger partial charge in [-0.1, -0.05) is 13.0 Å². The summed E-state index contributed by atoms with van der Waals surface area (Å²) < 4.78 is 6.73. The lowest BCUT2D eigenvalue weighted by Gasteiger charge is -2.05. The van der Waals surface area contributed by atoms with Crippen molar-refractivity contribution in [2.75, 3.05) is 12.8 Å². The maximum absolute atomic E-state index is 9.08. The van der Waals surface area contributed by atoms with Gasteiger partial charge in [0.25, 0.3) is 0 Å². The summed E-state index contributed by atoms with van der Waals surface area (Å²) in [5.74, 6) is 1.08. The van der Waals surface area contributed by atoms with Crippen LogP contribution in [0.25, 0.3) is 5.69 Å². The van der Waals surface area contributed by atoms with E-state index in [9.17, 15) is 0 Å². The zero-order chi connectivity index (χ0) is 13.1. The van der Waals surface area contributed by atoms with Crippen molar-refractivity contribution in [1.82, 2.24) is 9.78 Å². The molecular formula is C13H14N4O. The van der Waals surface area contributed by atoms with Crippen molar-refractivity contribution in [3.63, 3.8) is 0 Å². The summed E-state index contributed by atoms with van der Waals surface area (Å²) in [6.07, 6.45) is 0.671. The molecule has 92 valence electrons. The number of rotatable bonds is 3. The van der Waals surface area contributed by atoms with Gasteiger partial charge in [0.2, 0.25) is 0 Å². The number of ether oxygens (including phenoxy) is 1. The standard InChI is InChI=1S/C13H14N4O/c1-3-12-11(8-14)13(15)17(16-12)9-5-4-6-10(7-9)18-2/h4-7H,3,15H2,1-2H3. The predicted molar refractivity (Wildman–Crippen MR) is 68.6 cm³/mol. The molecule has 0 fully saturated rings. The molecule has 2 aromatic rings. The van der Waals surface area contributed by atoms with Crippen LogP contribution in [-0.2, 0) is 6.42 Å². The Morgan fingerprint density at radius 1 is 1.50 bits per heavy atom. The van der Waals surface area contributed by atoms with E-state index in [0.717, 1.165) is 11.4 Å². The van der Waals surface area contributed by atoms with Crippen molar-refractivity contribution in [3.05, 3.63) is 35.5 Å². The molecule has 0 radical (unpaired) electrons. The fourth-order valence-corrected chi connectivity index (χ4v) is 1.79. The Balaban J connectivity index is 2.57.